The highest BCUT2D eigenvalue weighted by molar-refractivity contribution is 5.99. The third-order valence-corrected chi connectivity index (χ3v) is 2.85. The van der Waals surface area contributed by atoms with Crippen molar-refractivity contribution < 1.29 is 9.90 Å². The third kappa shape index (κ3) is 4.91. The van der Waals surface area contributed by atoms with Gasteiger partial charge in [0.05, 0.1) is 18.2 Å². The first-order valence-electron chi connectivity index (χ1n) is 6.83. The highest BCUT2D eigenvalue weighted by atomic mass is 16.3. The van der Waals surface area contributed by atoms with Gasteiger partial charge in [-0.1, -0.05) is 26.0 Å². The van der Waals surface area contributed by atoms with Crippen molar-refractivity contribution in [3.63, 3.8) is 0 Å². The van der Waals surface area contributed by atoms with Crippen LogP contribution in [0.15, 0.2) is 24.3 Å². The van der Waals surface area contributed by atoms with E-state index in [0.29, 0.717) is 11.5 Å². The second-order valence-electron chi connectivity index (χ2n) is 5.06. The number of benzene rings is 1. The number of nitrogens with one attached hydrogen (secondary N) is 2. The maximum Gasteiger partial charge on any atom is 0.253 e. The van der Waals surface area contributed by atoms with E-state index >= 15 is 0 Å². The average molecular weight is 264 g/mol. The Morgan fingerprint density at radius 2 is 2.00 bits per heavy atom. The monoisotopic (exact) mass is 264 g/mol. The molecule has 0 aliphatic heterocycles. The molecule has 1 aromatic carbocycles. The minimum Gasteiger partial charge on any atom is -0.394 e. The minimum atomic E-state index is -0.192. The summed E-state index contributed by atoms with van der Waals surface area (Å²) in [7, 11) is 0. The van der Waals surface area contributed by atoms with Gasteiger partial charge in [-0.15, -0.1) is 0 Å². The van der Waals surface area contributed by atoms with E-state index in [4.69, 9.17) is 0 Å². The molecule has 4 heteroatoms. The van der Waals surface area contributed by atoms with Gasteiger partial charge in [0.15, 0.2) is 0 Å². The summed E-state index contributed by atoms with van der Waals surface area (Å²) in [5, 5.41) is 15.4. The van der Waals surface area contributed by atoms with Crippen LogP contribution in [0.5, 0.6) is 0 Å². The molecule has 1 rings (SSSR count). The van der Waals surface area contributed by atoms with E-state index in [2.05, 4.69) is 24.5 Å². The van der Waals surface area contributed by atoms with Crippen LogP contribution in [0.1, 0.15) is 37.6 Å². The van der Waals surface area contributed by atoms with E-state index in [1.165, 1.54) is 0 Å². The Labute approximate surface area is 115 Å². The standard InChI is InChI=1S/C15H24N2O2/c1-4-16-14-8-6-5-7-13(14)15(19)17-12(10-18)9-11(2)3/h5-8,11-12,16,18H,4,9-10H2,1-3H3,(H,17,19). The van der Waals surface area contributed by atoms with Crippen molar-refractivity contribution in [1.82, 2.24) is 5.32 Å². The number of hydrogen-bond donors (Lipinski definition) is 3. The number of amides is 1. The molecule has 0 spiro atoms. The molecule has 0 aliphatic carbocycles. The molecule has 3 N–H and O–H groups in total. The topological polar surface area (TPSA) is 61.4 Å². The van der Waals surface area contributed by atoms with Crippen molar-refractivity contribution in [2.24, 2.45) is 5.92 Å². The maximum atomic E-state index is 12.2. The van der Waals surface area contributed by atoms with Gasteiger partial charge in [-0.05, 0) is 31.4 Å². The Morgan fingerprint density at radius 3 is 2.58 bits per heavy atom. The van der Waals surface area contributed by atoms with Crippen molar-refractivity contribution >= 4 is 11.6 Å². The second-order valence-corrected chi connectivity index (χ2v) is 5.06. The predicted molar refractivity (Wildman–Crippen MR) is 78.4 cm³/mol. The molecule has 0 aromatic heterocycles. The molecule has 0 bridgehead atoms. The summed E-state index contributed by atoms with van der Waals surface area (Å²) in [6, 6.07) is 7.21. The van der Waals surface area contributed by atoms with Gasteiger partial charge in [-0.2, -0.15) is 0 Å². The SMILES string of the molecule is CCNc1ccccc1C(=O)NC(CO)CC(C)C. The van der Waals surface area contributed by atoms with Crippen LogP contribution < -0.4 is 10.6 Å². The van der Waals surface area contributed by atoms with Gasteiger partial charge in [0, 0.05) is 12.2 Å². The van der Waals surface area contributed by atoms with Crippen LogP contribution in [0.4, 0.5) is 5.69 Å². The first kappa shape index (κ1) is 15.5. The maximum absolute atomic E-state index is 12.2. The molecule has 0 heterocycles. The quantitative estimate of drug-likeness (QED) is 0.708. The van der Waals surface area contributed by atoms with Gasteiger partial charge >= 0.3 is 0 Å². The largest absolute Gasteiger partial charge is 0.394 e. The molecule has 4 nitrogen and oxygen atoms in total. The molecule has 0 fully saturated rings. The van der Waals surface area contributed by atoms with Gasteiger partial charge in [0.2, 0.25) is 0 Å². The summed E-state index contributed by atoms with van der Waals surface area (Å²) >= 11 is 0. The molecule has 19 heavy (non-hydrogen) atoms. The lowest BCUT2D eigenvalue weighted by atomic mass is 10.0. The summed E-state index contributed by atoms with van der Waals surface area (Å²) in [5.74, 6) is 0.290. The van der Waals surface area contributed by atoms with Gasteiger partial charge in [-0.25, -0.2) is 0 Å². The van der Waals surface area contributed by atoms with Crippen molar-refractivity contribution in [3.05, 3.63) is 29.8 Å². The van der Waals surface area contributed by atoms with Crippen LogP contribution in [0, 0.1) is 5.92 Å². The van der Waals surface area contributed by atoms with Crippen molar-refractivity contribution in [2.75, 3.05) is 18.5 Å². The number of para-hydroxylation sites is 1. The van der Waals surface area contributed by atoms with E-state index < -0.39 is 0 Å². The molecule has 1 atom stereocenters. The summed E-state index contributed by atoms with van der Waals surface area (Å²) in [6.45, 7) is 6.86. The fraction of sp³-hybridized carbons (Fsp3) is 0.533. The van der Waals surface area contributed by atoms with Crippen LogP contribution in [0.2, 0.25) is 0 Å². The van der Waals surface area contributed by atoms with Crippen molar-refractivity contribution in [1.29, 1.82) is 0 Å². The average Bonchev–Trinajstić information content (AvgIpc) is 2.38. The van der Waals surface area contributed by atoms with E-state index in [1.807, 2.05) is 25.1 Å². The predicted octanol–water partition coefficient (Wildman–Crippen LogP) is 2.26. The van der Waals surface area contributed by atoms with Crippen molar-refractivity contribution in [3.8, 4) is 0 Å². The summed E-state index contributed by atoms with van der Waals surface area (Å²) in [5.41, 5.74) is 1.44. The first-order valence-corrected chi connectivity index (χ1v) is 6.83. The number of anilines is 1. The molecule has 1 unspecified atom stereocenters. The Balaban J connectivity index is 2.76. The lowest BCUT2D eigenvalue weighted by Gasteiger charge is -2.19. The molecule has 0 saturated carbocycles. The zero-order chi connectivity index (χ0) is 14.3. The Morgan fingerprint density at radius 1 is 1.32 bits per heavy atom. The minimum absolute atomic E-state index is 0.0344. The summed E-state index contributed by atoms with van der Waals surface area (Å²) in [6.07, 6.45) is 0.769. The smallest absolute Gasteiger partial charge is 0.253 e. The van der Waals surface area contributed by atoms with Crippen molar-refractivity contribution in [2.45, 2.75) is 33.2 Å². The number of rotatable bonds is 7. The van der Waals surface area contributed by atoms with Gasteiger partial charge in [0.25, 0.3) is 5.91 Å². The van der Waals surface area contributed by atoms with Crippen LogP contribution in [0.25, 0.3) is 0 Å². The zero-order valence-electron chi connectivity index (χ0n) is 11.9. The normalized spacial score (nSPS) is 12.3. The highest BCUT2D eigenvalue weighted by Crippen LogP contribution is 2.15. The number of aliphatic hydroxyl groups is 1. The molecule has 0 aliphatic rings. The van der Waals surface area contributed by atoms with Gasteiger partial charge < -0.3 is 15.7 Å². The van der Waals surface area contributed by atoms with Gasteiger partial charge in [-0.3, -0.25) is 4.79 Å². The molecular formula is C15H24N2O2. The van der Waals surface area contributed by atoms with E-state index in [0.717, 1.165) is 18.7 Å². The first-order chi connectivity index (χ1) is 9.08. The van der Waals surface area contributed by atoms with E-state index in [-0.39, 0.29) is 18.6 Å². The van der Waals surface area contributed by atoms with Gasteiger partial charge in [0.1, 0.15) is 0 Å². The fourth-order valence-electron chi connectivity index (χ4n) is 2.04. The molecule has 106 valence electrons. The van der Waals surface area contributed by atoms with Crippen LogP contribution in [0.3, 0.4) is 0 Å². The van der Waals surface area contributed by atoms with E-state index in [9.17, 15) is 9.90 Å². The molecule has 1 amide bonds. The molecular weight excluding hydrogens is 240 g/mol. The van der Waals surface area contributed by atoms with E-state index in [1.54, 1.807) is 6.07 Å². The number of hydrogen-bond acceptors (Lipinski definition) is 3. The Kier molecular flexibility index (Phi) is 6.36. The summed E-state index contributed by atoms with van der Waals surface area (Å²) < 4.78 is 0. The number of carbonyl (C=O) groups is 1. The van der Waals surface area contributed by atoms with Crippen LogP contribution in [-0.2, 0) is 0 Å². The number of carbonyl (C=O) groups excluding carboxylic acids is 1. The molecule has 1 aromatic rings. The van der Waals surface area contributed by atoms with Crippen LogP contribution in [-0.4, -0.2) is 30.2 Å². The zero-order valence-corrected chi connectivity index (χ0v) is 11.9. The second kappa shape index (κ2) is 7.79. The van der Waals surface area contributed by atoms with Crippen LogP contribution >= 0.6 is 0 Å². The lowest BCUT2D eigenvalue weighted by molar-refractivity contribution is 0.0909. The highest BCUT2D eigenvalue weighted by Gasteiger charge is 2.16. The number of aliphatic hydroxyl groups excluding tert-OH is 1. The lowest BCUT2D eigenvalue weighted by Crippen LogP contribution is -2.38. The molecule has 0 radical (unpaired) electrons. The fourth-order valence-corrected chi connectivity index (χ4v) is 2.04. The summed E-state index contributed by atoms with van der Waals surface area (Å²) in [4.78, 5) is 12.2. The Hall–Kier alpha value is -1.55. The third-order valence-electron chi connectivity index (χ3n) is 2.85. The Bertz CT molecular complexity index is 405. The molecule has 0 saturated heterocycles.